The highest BCUT2D eigenvalue weighted by molar-refractivity contribution is 5.80. The first kappa shape index (κ1) is 27.1. The van der Waals surface area contributed by atoms with Gasteiger partial charge in [-0.25, -0.2) is 4.68 Å². The average Bonchev–Trinajstić information content (AvgIpc) is 3.63. The van der Waals surface area contributed by atoms with Gasteiger partial charge in [-0.3, -0.25) is 9.69 Å². The fourth-order valence-electron chi connectivity index (χ4n) is 4.81. The van der Waals surface area contributed by atoms with Gasteiger partial charge >= 0.3 is 0 Å². The molecule has 0 bridgehead atoms. The standard InChI is InChI=1S/C30H34N6O4/c1-6-39-22-11-9-20(10-12-22)18-35(19-24-8-7-15-40-24)27(28-32-33-34-36(28)30(2,3)4)25-17-21-16-23(38-5)13-14-26(21)31-29(25)37/h7-17,27H,6,18-19H2,1-5H3,(H,31,37)/t27-/m1/s1. The Morgan fingerprint density at radius 2 is 1.82 bits per heavy atom. The number of hydrogen-bond donors (Lipinski definition) is 1. The van der Waals surface area contributed by atoms with Crippen LogP contribution in [0.2, 0.25) is 0 Å². The lowest BCUT2D eigenvalue weighted by molar-refractivity contribution is 0.171. The third kappa shape index (κ3) is 5.76. The fourth-order valence-corrected chi connectivity index (χ4v) is 4.81. The molecule has 0 spiro atoms. The number of aromatic amines is 1. The van der Waals surface area contributed by atoms with E-state index in [9.17, 15) is 4.79 Å². The Hall–Kier alpha value is -4.44. The van der Waals surface area contributed by atoms with Crippen molar-refractivity contribution in [3.8, 4) is 11.5 Å². The minimum absolute atomic E-state index is 0.220. The van der Waals surface area contributed by atoms with Crippen LogP contribution in [0.5, 0.6) is 11.5 Å². The minimum Gasteiger partial charge on any atom is -0.497 e. The summed E-state index contributed by atoms with van der Waals surface area (Å²) in [4.78, 5) is 18.9. The first-order valence-electron chi connectivity index (χ1n) is 13.2. The van der Waals surface area contributed by atoms with E-state index in [0.717, 1.165) is 22.5 Å². The maximum absolute atomic E-state index is 13.7. The second kappa shape index (κ2) is 11.4. The van der Waals surface area contributed by atoms with E-state index >= 15 is 0 Å². The summed E-state index contributed by atoms with van der Waals surface area (Å²) in [5.74, 6) is 2.81. The number of nitrogens with zero attached hydrogens (tertiary/aromatic N) is 5. The van der Waals surface area contributed by atoms with Gasteiger partial charge in [-0.05, 0) is 92.2 Å². The number of tetrazole rings is 1. The summed E-state index contributed by atoms with van der Waals surface area (Å²) in [6, 6.07) is 18.6. The molecule has 40 heavy (non-hydrogen) atoms. The molecule has 5 rings (SSSR count). The molecule has 0 saturated carbocycles. The van der Waals surface area contributed by atoms with Crippen LogP contribution in [-0.4, -0.2) is 43.8 Å². The van der Waals surface area contributed by atoms with Gasteiger partial charge in [0, 0.05) is 23.0 Å². The molecular formula is C30H34N6O4. The zero-order valence-corrected chi connectivity index (χ0v) is 23.4. The van der Waals surface area contributed by atoms with E-state index in [2.05, 4.69) is 25.4 Å². The summed E-state index contributed by atoms with van der Waals surface area (Å²) in [6.07, 6.45) is 1.65. The molecule has 0 unspecified atom stereocenters. The second-order valence-electron chi connectivity index (χ2n) is 10.6. The molecule has 1 atom stereocenters. The predicted octanol–water partition coefficient (Wildman–Crippen LogP) is 5.06. The van der Waals surface area contributed by atoms with E-state index in [0.29, 0.717) is 42.4 Å². The number of hydrogen-bond acceptors (Lipinski definition) is 8. The predicted molar refractivity (Wildman–Crippen MR) is 151 cm³/mol. The minimum atomic E-state index is -0.606. The quantitative estimate of drug-likeness (QED) is 0.261. The van der Waals surface area contributed by atoms with Crippen LogP contribution in [0.3, 0.4) is 0 Å². The van der Waals surface area contributed by atoms with E-state index in [1.165, 1.54) is 0 Å². The first-order chi connectivity index (χ1) is 19.3. The van der Waals surface area contributed by atoms with Gasteiger partial charge in [0.25, 0.3) is 5.56 Å². The van der Waals surface area contributed by atoms with Crippen LogP contribution in [0.4, 0.5) is 0 Å². The van der Waals surface area contributed by atoms with E-state index in [-0.39, 0.29) is 5.56 Å². The number of pyridine rings is 1. The summed E-state index contributed by atoms with van der Waals surface area (Å²) in [6.45, 7) is 9.55. The van der Waals surface area contributed by atoms with Crippen LogP contribution in [0.1, 0.15) is 56.4 Å². The molecule has 0 aliphatic carbocycles. The van der Waals surface area contributed by atoms with Gasteiger partial charge in [-0.2, -0.15) is 0 Å². The molecule has 10 heteroatoms. The van der Waals surface area contributed by atoms with E-state index in [1.54, 1.807) is 18.1 Å². The van der Waals surface area contributed by atoms with E-state index in [1.807, 2.05) is 88.4 Å². The Kier molecular flexibility index (Phi) is 7.70. The van der Waals surface area contributed by atoms with Gasteiger partial charge in [-0.15, -0.1) is 5.10 Å². The number of rotatable bonds is 10. The Bertz CT molecular complexity index is 1620. The number of H-pyrrole nitrogens is 1. The lowest BCUT2D eigenvalue weighted by Gasteiger charge is -2.32. The zero-order valence-electron chi connectivity index (χ0n) is 23.4. The number of nitrogens with one attached hydrogen (secondary N) is 1. The van der Waals surface area contributed by atoms with Crippen molar-refractivity contribution in [2.75, 3.05) is 13.7 Å². The Balaban J connectivity index is 1.69. The van der Waals surface area contributed by atoms with Crippen LogP contribution in [0.25, 0.3) is 10.9 Å². The van der Waals surface area contributed by atoms with E-state index in [4.69, 9.17) is 13.9 Å². The molecule has 10 nitrogen and oxygen atoms in total. The van der Waals surface area contributed by atoms with Crippen molar-refractivity contribution in [2.45, 2.75) is 52.4 Å². The molecule has 2 aromatic carbocycles. The Morgan fingerprint density at radius 3 is 2.50 bits per heavy atom. The zero-order chi connectivity index (χ0) is 28.3. The SMILES string of the molecule is CCOc1ccc(CN(Cc2ccco2)[C@H](c2cc3cc(OC)ccc3[nH]c2=O)c2nnnn2C(C)(C)C)cc1. The Labute approximate surface area is 232 Å². The van der Waals surface area contributed by atoms with Crippen molar-refractivity contribution < 1.29 is 13.9 Å². The highest BCUT2D eigenvalue weighted by Crippen LogP contribution is 2.33. The number of furan rings is 1. The maximum atomic E-state index is 13.7. The molecule has 0 aliphatic rings. The highest BCUT2D eigenvalue weighted by atomic mass is 16.5. The van der Waals surface area contributed by atoms with Gasteiger partial charge in [0.05, 0.1) is 32.1 Å². The van der Waals surface area contributed by atoms with Crippen molar-refractivity contribution in [2.24, 2.45) is 0 Å². The van der Waals surface area contributed by atoms with Crippen LogP contribution >= 0.6 is 0 Å². The molecule has 3 aromatic heterocycles. The molecule has 3 heterocycles. The van der Waals surface area contributed by atoms with Gasteiger partial charge in [-0.1, -0.05) is 12.1 Å². The van der Waals surface area contributed by atoms with Crippen molar-refractivity contribution in [3.63, 3.8) is 0 Å². The summed E-state index contributed by atoms with van der Waals surface area (Å²) in [7, 11) is 1.62. The smallest absolute Gasteiger partial charge is 0.253 e. The van der Waals surface area contributed by atoms with Gasteiger partial charge in [0.2, 0.25) is 0 Å². The first-order valence-corrected chi connectivity index (χ1v) is 13.2. The summed E-state index contributed by atoms with van der Waals surface area (Å²) in [5, 5.41) is 13.7. The molecule has 0 aliphatic heterocycles. The molecule has 5 aromatic rings. The Morgan fingerprint density at radius 1 is 1.05 bits per heavy atom. The molecule has 1 N–H and O–H groups in total. The van der Waals surface area contributed by atoms with Crippen LogP contribution in [0, 0.1) is 0 Å². The molecule has 0 saturated heterocycles. The van der Waals surface area contributed by atoms with Crippen molar-refractivity contribution >= 4 is 10.9 Å². The highest BCUT2D eigenvalue weighted by Gasteiger charge is 2.34. The molecule has 0 radical (unpaired) electrons. The number of methoxy groups -OCH3 is 1. The van der Waals surface area contributed by atoms with Gasteiger partial charge < -0.3 is 18.9 Å². The number of ether oxygens (including phenoxy) is 2. The third-order valence-electron chi connectivity index (χ3n) is 6.67. The van der Waals surface area contributed by atoms with Crippen LogP contribution < -0.4 is 15.0 Å². The van der Waals surface area contributed by atoms with Crippen molar-refractivity contribution in [1.29, 1.82) is 0 Å². The normalized spacial score (nSPS) is 12.7. The summed E-state index contributed by atoms with van der Waals surface area (Å²) in [5.41, 5.74) is 1.61. The maximum Gasteiger partial charge on any atom is 0.253 e. The largest absolute Gasteiger partial charge is 0.497 e. The average molecular weight is 543 g/mol. The summed E-state index contributed by atoms with van der Waals surface area (Å²) < 4.78 is 18.6. The number of aromatic nitrogens is 5. The summed E-state index contributed by atoms with van der Waals surface area (Å²) >= 11 is 0. The number of benzene rings is 2. The van der Waals surface area contributed by atoms with Gasteiger partial charge in [0.1, 0.15) is 23.3 Å². The molecule has 0 amide bonds. The van der Waals surface area contributed by atoms with Crippen molar-refractivity contribution in [3.05, 3.63) is 100.0 Å². The van der Waals surface area contributed by atoms with Crippen LogP contribution in [0.15, 0.2) is 76.1 Å². The van der Waals surface area contributed by atoms with E-state index < -0.39 is 11.6 Å². The molecule has 208 valence electrons. The van der Waals surface area contributed by atoms with Crippen molar-refractivity contribution in [1.82, 2.24) is 30.1 Å². The lowest BCUT2D eigenvalue weighted by atomic mass is 10.0. The molecule has 0 fully saturated rings. The van der Waals surface area contributed by atoms with Crippen LogP contribution in [-0.2, 0) is 18.6 Å². The second-order valence-corrected chi connectivity index (χ2v) is 10.6. The fraction of sp³-hybridized carbons (Fsp3) is 0.333. The monoisotopic (exact) mass is 542 g/mol. The molecular weight excluding hydrogens is 508 g/mol. The lowest BCUT2D eigenvalue weighted by Crippen LogP contribution is -2.37. The number of fused-ring (bicyclic) bond motifs is 1. The third-order valence-corrected chi connectivity index (χ3v) is 6.67. The van der Waals surface area contributed by atoms with Gasteiger partial charge in [0.15, 0.2) is 5.82 Å². The topological polar surface area (TPSA) is 111 Å².